The first-order valence-corrected chi connectivity index (χ1v) is 12.7. The van der Waals surface area contributed by atoms with E-state index in [1.807, 2.05) is 6.92 Å². The number of oxazole rings is 1. The van der Waals surface area contributed by atoms with Gasteiger partial charge in [-0.2, -0.15) is 0 Å². The summed E-state index contributed by atoms with van der Waals surface area (Å²) in [5.74, 6) is 0.841. The number of halogens is 4. The number of alkyl halides is 4. The van der Waals surface area contributed by atoms with Gasteiger partial charge in [-0.15, -0.1) is 0 Å². The van der Waals surface area contributed by atoms with Crippen molar-refractivity contribution in [1.82, 2.24) is 9.97 Å². The molecule has 194 valence electrons. The van der Waals surface area contributed by atoms with E-state index in [4.69, 9.17) is 48.7 Å². The molecular weight excluding hydrogens is 544 g/mol. The Morgan fingerprint density at radius 1 is 1.31 bits per heavy atom. The van der Waals surface area contributed by atoms with Gasteiger partial charge in [0.25, 0.3) is 0 Å². The summed E-state index contributed by atoms with van der Waals surface area (Å²) in [6.07, 6.45) is 0.141. The molecule has 0 aliphatic heterocycles. The smallest absolute Gasteiger partial charge is 0.413 e. The first-order chi connectivity index (χ1) is 16.4. The van der Waals surface area contributed by atoms with Crippen LogP contribution in [0.2, 0.25) is 0 Å². The maximum Gasteiger partial charge on any atom is 0.413 e. The summed E-state index contributed by atoms with van der Waals surface area (Å²) in [6, 6.07) is 5.10. The lowest BCUT2D eigenvalue weighted by atomic mass is 10.2. The van der Waals surface area contributed by atoms with Crippen molar-refractivity contribution in [3.63, 3.8) is 0 Å². The van der Waals surface area contributed by atoms with Gasteiger partial charge in [0.05, 0.1) is 17.4 Å². The molecule has 0 aliphatic carbocycles. The Morgan fingerprint density at radius 2 is 2.00 bits per heavy atom. The highest BCUT2D eigenvalue weighted by Gasteiger charge is 2.20. The molecule has 2 N–H and O–H groups in total. The Balaban J connectivity index is 0.00000100. The first-order valence-electron chi connectivity index (χ1n) is 10.6. The van der Waals surface area contributed by atoms with Gasteiger partial charge >= 0.3 is 6.09 Å². The van der Waals surface area contributed by atoms with Gasteiger partial charge in [-0.1, -0.05) is 53.1 Å². The number of ether oxygens (including phenoxy) is 2. The summed E-state index contributed by atoms with van der Waals surface area (Å²) in [5, 5.41) is 13.4. The van der Waals surface area contributed by atoms with Crippen LogP contribution in [0.15, 0.2) is 28.8 Å². The highest BCUT2D eigenvalue weighted by molar-refractivity contribution is 7.15. The Labute approximate surface area is 221 Å². The molecule has 35 heavy (non-hydrogen) atoms. The molecule has 2 aromatic heterocycles. The van der Waals surface area contributed by atoms with Crippen LogP contribution < -0.4 is 10.1 Å². The molecular formula is C22H27Cl3FN3O5S. The monoisotopic (exact) mass is 569 g/mol. The first kappa shape index (κ1) is 29.4. The summed E-state index contributed by atoms with van der Waals surface area (Å²) in [6.45, 7) is 6.58. The Bertz CT molecular complexity index is 1080. The highest BCUT2D eigenvalue weighted by atomic mass is 35.6. The molecule has 1 aromatic carbocycles. The zero-order valence-electron chi connectivity index (χ0n) is 19.6. The second kappa shape index (κ2) is 13.5. The quantitative estimate of drug-likeness (QED) is 0.280. The Kier molecular flexibility index (Phi) is 11.3. The zero-order valence-corrected chi connectivity index (χ0v) is 22.6. The molecule has 0 fully saturated rings. The number of benzene rings is 1. The molecule has 0 radical (unpaired) electrons. The van der Waals surface area contributed by atoms with E-state index in [0.717, 1.165) is 11.3 Å². The van der Waals surface area contributed by atoms with Gasteiger partial charge in [-0.05, 0) is 39.3 Å². The molecule has 2 heterocycles. The fourth-order valence-corrected chi connectivity index (χ4v) is 3.47. The Morgan fingerprint density at radius 3 is 2.60 bits per heavy atom. The number of carbonyl (C=O) groups is 1. The molecule has 13 heteroatoms. The van der Waals surface area contributed by atoms with Crippen LogP contribution in [0.3, 0.4) is 0 Å². The lowest BCUT2D eigenvalue weighted by Crippen LogP contribution is -2.27. The lowest BCUT2D eigenvalue weighted by Gasteiger charge is -2.18. The standard InChI is InChI=1S/C21H26FN3O5S.CHCl3/c1-5-12(10-22)28-13-6-7-14-16(8-13)29-18(24-14)9-15(26)17-11-23-19(31-17)25-20(27)30-21(2,3)4;2-1(3)4/h6-8,11-12,15,26H,5,9-10H2,1-4H3,(H,23,25,27);1H. The SMILES string of the molecule is CCC(CF)Oc1ccc2nc(CC(O)c3cnc(NC(=O)OC(C)(C)C)s3)oc2c1.ClC(Cl)Cl. The number of nitrogens with one attached hydrogen (secondary N) is 1. The lowest BCUT2D eigenvalue weighted by molar-refractivity contribution is 0.0636. The third-order valence-corrected chi connectivity index (χ3v) is 5.18. The molecule has 2 atom stereocenters. The van der Waals surface area contributed by atoms with E-state index in [1.54, 1.807) is 39.0 Å². The molecule has 3 rings (SSSR count). The minimum atomic E-state index is -0.911. The van der Waals surface area contributed by atoms with Crippen molar-refractivity contribution in [3.05, 3.63) is 35.2 Å². The van der Waals surface area contributed by atoms with Gasteiger partial charge in [0.1, 0.15) is 29.6 Å². The van der Waals surface area contributed by atoms with Gasteiger partial charge < -0.3 is 19.0 Å². The van der Waals surface area contributed by atoms with E-state index >= 15 is 0 Å². The van der Waals surface area contributed by atoms with Crippen LogP contribution in [0.4, 0.5) is 14.3 Å². The van der Waals surface area contributed by atoms with Crippen molar-refractivity contribution < 1.29 is 28.2 Å². The number of rotatable bonds is 8. The summed E-state index contributed by atoms with van der Waals surface area (Å²) < 4.78 is 28.6. The second-order valence-corrected chi connectivity index (χ2v) is 11.2. The van der Waals surface area contributed by atoms with Crippen molar-refractivity contribution in [1.29, 1.82) is 0 Å². The van der Waals surface area contributed by atoms with Crippen LogP contribution in [0.5, 0.6) is 5.75 Å². The van der Waals surface area contributed by atoms with E-state index in [0.29, 0.717) is 39.2 Å². The predicted molar refractivity (Wildman–Crippen MR) is 137 cm³/mol. The average molecular weight is 571 g/mol. The van der Waals surface area contributed by atoms with Gasteiger partial charge in [0, 0.05) is 12.3 Å². The maximum atomic E-state index is 12.9. The van der Waals surface area contributed by atoms with Crippen LogP contribution >= 0.6 is 46.1 Å². The molecule has 1 amide bonds. The van der Waals surface area contributed by atoms with Crippen LogP contribution in [0, 0.1) is 0 Å². The number of hydrogen-bond donors (Lipinski definition) is 2. The number of thiazole rings is 1. The minimum Gasteiger partial charge on any atom is -0.488 e. The van der Waals surface area contributed by atoms with Crippen molar-refractivity contribution in [2.24, 2.45) is 0 Å². The number of fused-ring (bicyclic) bond motifs is 1. The van der Waals surface area contributed by atoms with Crippen LogP contribution in [-0.4, -0.2) is 43.8 Å². The van der Waals surface area contributed by atoms with Gasteiger partial charge in [-0.25, -0.2) is 19.2 Å². The maximum absolute atomic E-state index is 12.9. The predicted octanol–water partition coefficient (Wildman–Crippen LogP) is 7.02. The minimum absolute atomic E-state index is 0.126. The largest absolute Gasteiger partial charge is 0.488 e. The fourth-order valence-electron chi connectivity index (χ4n) is 2.69. The molecule has 0 bridgehead atoms. The average Bonchev–Trinajstić information content (AvgIpc) is 3.36. The molecule has 0 saturated carbocycles. The third-order valence-electron chi connectivity index (χ3n) is 4.16. The van der Waals surface area contributed by atoms with Crippen molar-refractivity contribution >= 4 is 68.5 Å². The molecule has 0 spiro atoms. The van der Waals surface area contributed by atoms with E-state index < -0.39 is 34.9 Å². The van der Waals surface area contributed by atoms with E-state index in [-0.39, 0.29) is 6.42 Å². The normalized spacial score (nSPS) is 13.2. The number of amides is 1. The van der Waals surface area contributed by atoms with E-state index in [2.05, 4.69) is 15.3 Å². The number of hydrogen-bond acceptors (Lipinski definition) is 8. The van der Waals surface area contributed by atoms with Crippen molar-refractivity contribution in [2.75, 3.05) is 12.0 Å². The summed E-state index contributed by atoms with van der Waals surface area (Å²) in [5.41, 5.74) is 0.481. The zero-order chi connectivity index (χ0) is 26.2. The number of nitrogens with zero attached hydrogens (tertiary/aromatic N) is 2. The number of anilines is 1. The van der Waals surface area contributed by atoms with Crippen molar-refractivity contribution in [2.45, 2.75) is 62.6 Å². The van der Waals surface area contributed by atoms with Crippen LogP contribution in [0.25, 0.3) is 11.1 Å². The molecule has 8 nitrogen and oxygen atoms in total. The molecule has 3 aromatic rings. The van der Waals surface area contributed by atoms with E-state index in [1.165, 1.54) is 6.20 Å². The van der Waals surface area contributed by atoms with Crippen molar-refractivity contribution in [3.8, 4) is 5.75 Å². The molecule has 0 saturated heterocycles. The third kappa shape index (κ3) is 10.3. The van der Waals surface area contributed by atoms with Gasteiger partial charge in [0.15, 0.2) is 20.9 Å². The molecule has 2 unspecified atom stereocenters. The number of aliphatic hydroxyl groups excluding tert-OH is 1. The van der Waals surface area contributed by atoms with E-state index in [9.17, 15) is 14.3 Å². The summed E-state index contributed by atoms with van der Waals surface area (Å²) >= 11 is 15.6. The number of carbonyl (C=O) groups excluding carboxylic acids is 1. The van der Waals surface area contributed by atoms with Crippen LogP contribution in [0.1, 0.15) is 51.0 Å². The van der Waals surface area contributed by atoms with Crippen LogP contribution in [-0.2, 0) is 11.2 Å². The van der Waals surface area contributed by atoms with Gasteiger partial charge in [-0.3, -0.25) is 5.32 Å². The summed E-state index contributed by atoms with van der Waals surface area (Å²) in [4.78, 5) is 20.9. The Hall–Kier alpha value is -1.85. The number of aromatic nitrogens is 2. The fraction of sp³-hybridized carbons (Fsp3) is 0.500. The molecule has 0 aliphatic rings. The summed E-state index contributed by atoms with van der Waals surface area (Å²) in [7, 11) is 0. The highest BCUT2D eigenvalue weighted by Crippen LogP contribution is 2.29. The number of aliphatic hydroxyl groups is 1. The van der Waals surface area contributed by atoms with Gasteiger partial charge in [0.2, 0.25) is 0 Å². The second-order valence-electron chi connectivity index (χ2n) is 8.20. The topological polar surface area (TPSA) is 107 Å².